The second-order valence-corrected chi connectivity index (χ2v) is 6.16. The molecule has 2 aromatic rings. The maximum atomic E-state index is 6.07. The van der Waals surface area contributed by atoms with Crippen molar-refractivity contribution in [2.75, 3.05) is 23.7 Å². The zero-order valence-corrected chi connectivity index (χ0v) is 12.3. The number of hydrogen-bond acceptors (Lipinski definition) is 3. The molecule has 0 radical (unpaired) electrons. The molecule has 0 unspecified atom stereocenters. The topological polar surface area (TPSA) is 42.1 Å². The molecule has 1 aromatic carbocycles. The minimum absolute atomic E-state index is 0.793. The summed E-state index contributed by atoms with van der Waals surface area (Å²) >= 11 is 0. The summed E-state index contributed by atoms with van der Waals surface area (Å²) < 4.78 is 0. The third kappa shape index (κ3) is 2.33. The minimum Gasteiger partial charge on any atom is -0.398 e. The molecule has 2 N–H and O–H groups in total. The molecule has 0 amide bonds. The van der Waals surface area contributed by atoms with Crippen LogP contribution in [0.5, 0.6) is 0 Å². The maximum absolute atomic E-state index is 6.07. The number of nitrogens with zero attached hydrogens (tertiary/aromatic N) is 2. The van der Waals surface area contributed by atoms with E-state index < -0.39 is 0 Å². The number of rotatable bonds is 2. The van der Waals surface area contributed by atoms with Gasteiger partial charge in [-0.15, -0.1) is 0 Å². The first-order valence-corrected chi connectivity index (χ1v) is 7.54. The number of benzene rings is 1. The van der Waals surface area contributed by atoms with Crippen molar-refractivity contribution in [3.05, 3.63) is 30.6 Å². The highest BCUT2D eigenvalue weighted by Gasteiger charge is 2.22. The molecule has 3 heteroatoms. The zero-order valence-electron chi connectivity index (χ0n) is 12.3. The van der Waals surface area contributed by atoms with Gasteiger partial charge in [0.15, 0.2) is 0 Å². The van der Waals surface area contributed by atoms with Crippen LogP contribution in [0.2, 0.25) is 0 Å². The standard InChI is InChI=1S/C17H23N3/c1-12(2)13-6-9-20(10-7-13)17-4-3-16(18)14-5-8-19-11-15(14)17/h3-5,8,11-13H,6-7,9-10,18H2,1-2H3. The van der Waals surface area contributed by atoms with Gasteiger partial charge in [0, 0.05) is 47.6 Å². The molecule has 3 rings (SSSR count). The number of nitrogen functional groups attached to an aromatic ring is 1. The molecule has 1 aliphatic rings. The molecule has 0 saturated carbocycles. The summed E-state index contributed by atoms with van der Waals surface area (Å²) in [5, 5.41) is 2.29. The van der Waals surface area contributed by atoms with Gasteiger partial charge in [0.1, 0.15) is 0 Å². The molecular weight excluding hydrogens is 246 g/mol. The highest BCUT2D eigenvalue weighted by molar-refractivity contribution is 6.00. The third-order valence-corrected chi connectivity index (χ3v) is 4.65. The number of aromatic nitrogens is 1. The average Bonchev–Trinajstić information content (AvgIpc) is 2.48. The first-order chi connectivity index (χ1) is 9.66. The molecular formula is C17H23N3. The van der Waals surface area contributed by atoms with Gasteiger partial charge in [-0.1, -0.05) is 13.8 Å². The highest BCUT2D eigenvalue weighted by atomic mass is 15.1. The van der Waals surface area contributed by atoms with Crippen LogP contribution in [0.3, 0.4) is 0 Å². The predicted molar refractivity (Wildman–Crippen MR) is 85.9 cm³/mol. The predicted octanol–water partition coefficient (Wildman–Crippen LogP) is 3.69. The van der Waals surface area contributed by atoms with Gasteiger partial charge in [-0.3, -0.25) is 4.98 Å². The van der Waals surface area contributed by atoms with E-state index >= 15 is 0 Å². The van der Waals surface area contributed by atoms with Crippen LogP contribution >= 0.6 is 0 Å². The molecule has 0 atom stereocenters. The van der Waals surface area contributed by atoms with Crippen LogP contribution in [0.1, 0.15) is 26.7 Å². The van der Waals surface area contributed by atoms with Crippen molar-refractivity contribution in [1.82, 2.24) is 4.98 Å². The van der Waals surface area contributed by atoms with Gasteiger partial charge in [0.25, 0.3) is 0 Å². The zero-order chi connectivity index (χ0) is 14.1. The Bertz CT molecular complexity index is 598. The second-order valence-electron chi connectivity index (χ2n) is 6.16. The van der Waals surface area contributed by atoms with E-state index in [1.807, 2.05) is 24.5 Å². The lowest BCUT2D eigenvalue weighted by Crippen LogP contribution is -2.35. The van der Waals surface area contributed by atoms with Gasteiger partial charge >= 0.3 is 0 Å². The van der Waals surface area contributed by atoms with Crippen molar-refractivity contribution in [2.24, 2.45) is 11.8 Å². The number of fused-ring (bicyclic) bond motifs is 1. The van der Waals surface area contributed by atoms with E-state index in [4.69, 9.17) is 5.73 Å². The molecule has 0 aliphatic carbocycles. The molecule has 2 heterocycles. The molecule has 1 saturated heterocycles. The molecule has 0 spiro atoms. The van der Waals surface area contributed by atoms with E-state index in [1.54, 1.807) is 0 Å². The van der Waals surface area contributed by atoms with Crippen molar-refractivity contribution in [3.8, 4) is 0 Å². The van der Waals surface area contributed by atoms with Crippen LogP contribution in [-0.4, -0.2) is 18.1 Å². The van der Waals surface area contributed by atoms with E-state index in [-0.39, 0.29) is 0 Å². The number of piperidine rings is 1. The van der Waals surface area contributed by atoms with Crippen molar-refractivity contribution in [3.63, 3.8) is 0 Å². The number of anilines is 2. The molecule has 1 aliphatic heterocycles. The number of nitrogens with two attached hydrogens (primary N) is 1. The lowest BCUT2D eigenvalue weighted by atomic mass is 9.86. The van der Waals surface area contributed by atoms with Crippen LogP contribution in [0, 0.1) is 11.8 Å². The van der Waals surface area contributed by atoms with E-state index in [0.717, 1.165) is 36.0 Å². The van der Waals surface area contributed by atoms with E-state index in [1.165, 1.54) is 23.9 Å². The Morgan fingerprint density at radius 3 is 2.60 bits per heavy atom. The summed E-state index contributed by atoms with van der Waals surface area (Å²) in [6, 6.07) is 6.18. The Labute approximate surface area is 120 Å². The largest absolute Gasteiger partial charge is 0.398 e. The van der Waals surface area contributed by atoms with Crippen molar-refractivity contribution in [2.45, 2.75) is 26.7 Å². The minimum atomic E-state index is 0.793. The summed E-state index contributed by atoms with van der Waals surface area (Å²) in [7, 11) is 0. The van der Waals surface area contributed by atoms with Crippen LogP contribution < -0.4 is 10.6 Å². The van der Waals surface area contributed by atoms with Crippen LogP contribution in [-0.2, 0) is 0 Å². The Morgan fingerprint density at radius 1 is 1.15 bits per heavy atom. The first kappa shape index (κ1) is 13.2. The van der Waals surface area contributed by atoms with Gasteiger partial charge < -0.3 is 10.6 Å². The maximum Gasteiger partial charge on any atom is 0.0463 e. The number of hydrogen-bond donors (Lipinski definition) is 1. The van der Waals surface area contributed by atoms with Gasteiger partial charge in [-0.25, -0.2) is 0 Å². The molecule has 0 bridgehead atoms. The third-order valence-electron chi connectivity index (χ3n) is 4.65. The van der Waals surface area contributed by atoms with Gasteiger partial charge in [-0.2, -0.15) is 0 Å². The van der Waals surface area contributed by atoms with Crippen molar-refractivity contribution in [1.29, 1.82) is 0 Å². The van der Waals surface area contributed by atoms with E-state index in [9.17, 15) is 0 Å². The lowest BCUT2D eigenvalue weighted by molar-refractivity contribution is 0.311. The summed E-state index contributed by atoms with van der Waals surface area (Å²) in [5.41, 5.74) is 8.19. The SMILES string of the molecule is CC(C)C1CCN(c2ccc(N)c3ccncc23)CC1. The van der Waals surface area contributed by atoms with Crippen LogP contribution in [0.15, 0.2) is 30.6 Å². The molecule has 1 fully saturated rings. The van der Waals surface area contributed by atoms with Crippen molar-refractivity contribution < 1.29 is 0 Å². The van der Waals surface area contributed by atoms with Gasteiger partial charge in [-0.05, 0) is 42.9 Å². The molecule has 1 aromatic heterocycles. The van der Waals surface area contributed by atoms with E-state index in [0.29, 0.717) is 0 Å². The fourth-order valence-electron chi connectivity index (χ4n) is 3.28. The van der Waals surface area contributed by atoms with Crippen molar-refractivity contribution >= 4 is 22.1 Å². The molecule has 20 heavy (non-hydrogen) atoms. The summed E-state index contributed by atoms with van der Waals surface area (Å²) in [6.07, 6.45) is 6.32. The first-order valence-electron chi connectivity index (χ1n) is 7.54. The van der Waals surface area contributed by atoms with E-state index in [2.05, 4.69) is 29.8 Å². The fraction of sp³-hybridized carbons (Fsp3) is 0.471. The molecule has 3 nitrogen and oxygen atoms in total. The monoisotopic (exact) mass is 269 g/mol. The Hall–Kier alpha value is -1.77. The Kier molecular flexibility index (Phi) is 3.51. The average molecular weight is 269 g/mol. The highest BCUT2D eigenvalue weighted by Crippen LogP contribution is 2.33. The van der Waals surface area contributed by atoms with Gasteiger partial charge in [0.2, 0.25) is 0 Å². The summed E-state index contributed by atoms with van der Waals surface area (Å²) in [5.74, 6) is 1.66. The lowest BCUT2D eigenvalue weighted by Gasteiger charge is -2.36. The van der Waals surface area contributed by atoms with Crippen LogP contribution in [0.4, 0.5) is 11.4 Å². The molecule has 106 valence electrons. The second kappa shape index (κ2) is 5.31. The van der Waals surface area contributed by atoms with Gasteiger partial charge in [0.05, 0.1) is 0 Å². The smallest absolute Gasteiger partial charge is 0.0463 e. The fourth-order valence-corrected chi connectivity index (χ4v) is 3.28. The normalized spacial score (nSPS) is 17.1. The summed E-state index contributed by atoms with van der Waals surface area (Å²) in [4.78, 5) is 6.76. The Balaban J connectivity index is 1.90. The summed E-state index contributed by atoms with van der Waals surface area (Å²) in [6.45, 7) is 6.94. The Morgan fingerprint density at radius 2 is 1.90 bits per heavy atom. The quantitative estimate of drug-likeness (QED) is 0.845. The number of pyridine rings is 1. The van der Waals surface area contributed by atoms with Crippen LogP contribution in [0.25, 0.3) is 10.8 Å².